The summed E-state index contributed by atoms with van der Waals surface area (Å²) < 4.78 is 0. The fourth-order valence-electron chi connectivity index (χ4n) is 3.40. The molecule has 0 heterocycles. The normalized spacial score (nSPS) is 10.4. The summed E-state index contributed by atoms with van der Waals surface area (Å²) in [6.45, 7) is 1.57. The predicted octanol–water partition coefficient (Wildman–Crippen LogP) is 6.58. The Bertz CT molecular complexity index is 996. The van der Waals surface area contributed by atoms with E-state index in [0.29, 0.717) is 0 Å². The Hall–Kier alpha value is -3.52. The van der Waals surface area contributed by atoms with Crippen LogP contribution in [0.2, 0.25) is 0 Å². The Morgan fingerprint density at radius 3 is 1.61 bits per heavy atom. The van der Waals surface area contributed by atoms with Crippen molar-refractivity contribution in [1.82, 2.24) is 0 Å². The molecule has 2 nitrogen and oxygen atoms in total. The fourth-order valence-corrected chi connectivity index (χ4v) is 3.40. The van der Waals surface area contributed by atoms with Gasteiger partial charge in [-0.15, -0.1) is 0 Å². The minimum Gasteiger partial charge on any atom is -0.381 e. The second-order valence-electron chi connectivity index (χ2n) is 6.75. The van der Waals surface area contributed by atoms with Crippen LogP contribution in [-0.2, 0) is 13.1 Å². The molecule has 4 aromatic rings. The van der Waals surface area contributed by atoms with Crippen molar-refractivity contribution >= 4 is 11.4 Å². The van der Waals surface area contributed by atoms with Gasteiger partial charge in [0.2, 0.25) is 0 Å². The van der Waals surface area contributed by atoms with Gasteiger partial charge >= 0.3 is 0 Å². The lowest BCUT2D eigenvalue weighted by Crippen LogP contribution is -2.08. The van der Waals surface area contributed by atoms with E-state index in [2.05, 4.69) is 108 Å². The Kier molecular flexibility index (Phi) is 5.69. The van der Waals surface area contributed by atoms with E-state index in [9.17, 15) is 0 Å². The molecule has 138 valence electrons. The standard InChI is InChI=1S/C26H24N2/c1-4-11-21(12-5-1)25-18-10-13-22(19-27-23-14-6-2-7-15-23)26(25)20-28-24-16-8-3-9-17-24/h1-18,27-28H,19-20H2. The fraction of sp³-hybridized carbons (Fsp3) is 0.0769. The highest BCUT2D eigenvalue weighted by Gasteiger charge is 2.10. The third-order valence-corrected chi connectivity index (χ3v) is 4.86. The maximum Gasteiger partial charge on any atom is 0.0410 e. The maximum atomic E-state index is 3.58. The van der Waals surface area contributed by atoms with Crippen LogP contribution in [0.15, 0.2) is 109 Å². The molecule has 0 aromatic heterocycles. The molecule has 4 rings (SSSR count). The van der Waals surface area contributed by atoms with Gasteiger partial charge in [0.25, 0.3) is 0 Å². The van der Waals surface area contributed by atoms with Gasteiger partial charge in [0, 0.05) is 24.5 Å². The van der Waals surface area contributed by atoms with Gasteiger partial charge in [0.1, 0.15) is 0 Å². The number of nitrogens with one attached hydrogen (secondary N) is 2. The summed E-state index contributed by atoms with van der Waals surface area (Å²) in [5, 5.41) is 7.13. The first-order chi connectivity index (χ1) is 13.9. The van der Waals surface area contributed by atoms with Crippen LogP contribution < -0.4 is 10.6 Å². The number of hydrogen-bond donors (Lipinski definition) is 2. The zero-order valence-electron chi connectivity index (χ0n) is 15.8. The predicted molar refractivity (Wildman–Crippen MR) is 119 cm³/mol. The molecule has 0 atom stereocenters. The average Bonchev–Trinajstić information content (AvgIpc) is 2.78. The highest BCUT2D eigenvalue weighted by Crippen LogP contribution is 2.28. The third kappa shape index (κ3) is 4.41. The van der Waals surface area contributed by atoms with Crippen molar-refractivity contribution < 1.29 is 0 Å². The molecule has 0 unspecified atom stereocenters. The number of rotatable bonds is 7. The van der Waals surface area contributed by atoms with Gasteiger partial charge in [-0.3, -0.25) is 0 Å². The molecule has 2 heteroatoms. The molecule has 0 saturated carbocycles. The van der Waals surface area contributed by atoms with Gasteiger partial charge in [-0.1, -0.05) is 84.9 Å². The summed E-state index contributed by atoms with van der Waals surface area (Å²) in [6, 6.07) is 37.9. The number of hydrogen-bond acceptors (Lipinski definition) is 2. The van der Waals surface area contributed by atoms with Crippen LogP contribution in [0.25, 0.3) is 11.1 Å². The molecule has 28 heavy (non-hydrogen) atoms. The Balaban J connectivity index is 1.64. The molecule has 2 N–H and O–H groups in total. The molecule has 0 amide bonds. The number of para-hydroxylation sites is 2. The summed E-state index contributed by atoms with van der Waals surface area (Å²) in [7, 11) is 0. The molecular formula is C26H24N2. The number of anilines is 2. The summed E-state index contributed by atoms with van der Waals surface area (Å²) in [4.78, 5) is 0. The van der Waals surface area contributed by atoms with E-state index in [4.69, 9.17) is 0 Å². The van der Waals surface area contributed by atoms with Gasteiger partial charge in [-0.2, -0.15) is 0 Å². The van der Waals surface area contributed by atoms with Crippen molar-refractivity contribution in [3.8, 4) is 11.1 Å². The second-order valence-corrected chi connectivity index (χ2v) is 6.75. The van der Waals surface area contributed by atoms with Crippen molar-refractivity contribution in [3.63, 3.8) is 0 Å². The summed E-state index contributed by atoms with van der Waals surface area (Å²) in [5.41, 5.74) is 7.40. The van der Waals surface area contributed by atoms with E-state index in [-0.39, 0.29) is 0 Å². The van der Waals surface area contributed by atoms with Crippen molar-refractivity contribution in [2.45, 2.75) is 13.1 Å². The highest BCUT2D eigenvalue weighted by atomic mass is 14.9. The monoisotopic (exact) mass is 364 g/mol. The first kappa shape index (κ1) is 17.9. The molecule has 4 aromatic carbocycles. The zero-order chi connectivity index (χ0) is 19.0. The molecule has 0 spiro atoms. The molecule has 0 bridgehead atoms. The van der Waals surface area contributed by atoms with Crippen LogP contribution in [0.1, 0.15) is 11.1 Å². The Morgan fingerprint density at radius 2 is 1.00 bits per heavy atom. The van der Waals surface area contributed by atoms with E-state index in [0.717, 1.165) is 24.5 Å². The van der Waals surface area contributed by atoms with Crippen molar-refractivity contribution in [2.24, 2.45) is 0 Å². The lowest BCUT2D eigenvalue weighted by molar-refractivity contribution is 1.05. The van der Waals surface area contributed by atoms with E-state index >= 15 is 0 Å². The summed E-state index contributed by atoms with van der Waals surface area (Å²) in [6.07, 6.45) is 0. The van der Waals surface area contributed by atoms with Crippen LogP contribution in [0.3, 0.4) is 0 Å². The molecule has 0 aliphatic carbocycles. The second kappa shape index (κ2) is 8.92. The van der Waals surface area contributed by atoms with Crippen LogP contribution in [0.4, 0.5) is 11.4 Å². The van der Waals surface area contributed by atoms with E-state index in [1.807, 2.05) is 12.1 Å². The molecule has 0 aliphatic rings. The van der Waals surface area contributed by atoms with Gasteiger partial charge < -0.3 is 10.6 Å². The first-order valence-corrected chi connectivity index (χ1v) is 9.64. The van der Waals surface area contributed by atoms with E-state index in [1.165, 1.54) is 22.3 Å². The minimum absolute atomic E-state index is 0.779. The average molecular weight is 364 g/mol. The van der Waals surface area contributed by atoms with Gasteiger partial charge in [0.15, 0.2) is 0 Å². The zero-order valence-corrected chi connectivity index (χ0v) is 15.8. The smallest absolute Gasteiger partial charge is 0.0410 e. The number of benzene rings is 4. The SMILES string of the molecule is c1ccc(NCc2cccc(-c3ccccc3)c2CNc2ccccc2)cc1. The summed E-state index contributed by atoms with van der Waals surface area (Å²) >= 11 is 0. The van der Waals surface area contributed by atoms with Crippen molar-refractivity contribution in [3.05, 3.63) is 120 Å². The van der Waals surface area contributed by atoms with E-state index in [1.54, 1.807) is 0 Å². The maximum absolute atomic E-state index is 3.58. The Morgan fingerprint density at radius 1 is 0.464 bits per heavy atom. The van der Waals surface area contributed by atoms with Crippen LogP contribution in [0, 0.1) is 0 Å². The van der Waals surface area contributed by atoms with Crippen LogP contribution in [-0.4, -0.2) is 0 Å². The van der Waals surface area contributed by atoms with Crippen molar-refractivity contribution in [1.29, 1.82) is 0 Å². The third-order valence-electron chi connectivity index (χ3n) is 4.86. The lowest BCUT2D eigenvalue weighted by Gasteiger charge is -2.17. The largest absolute Gasteiger partial charge is 0.381 e. The summed E-state index contributed by atoms with van der Waals surface area (Å²) in [5.74, 6) is 0. The van der Waals surface area contributed by atoms with Gasteiger partial charge in [-0.25, -0.2) is 0 Å². The molecule has 0 radical (unpaired) electrons. The quantitative estimate of drug-likeness (QED) is 0.387. The van der Waals surface area contributed by atoms with Crippen LogP contribution >= 0.6 is 0 Å². The first-order valence-electron chi connectivity index (χ1n) is 9.64. The minimum atomic E-state index is 0.779. The topological polar surface area (TPSA) is 24.1 Å². The molecule has 0 fully saturated rings. The molecule has 0 saturated heterocycles. The molecule has 0 aliphatic heterocycles. The molecular weight excluding hydrogens is 340 g/mol. The lowest BCUT2D eigenvalue weighted by atomic mass is 9.95. The Labute approximate surface area is 166 Å². The van der Waals surface area contributed by atoms with Crippen LogP contribution in [0.5, 0.6) is 0 Å². The van der Waals surface area contributed by atoms with Gasteiger partial charge in [-0.05, 0) is 46.5 Å². The highest BCUT2D eigenvalue weighted by molar-refractivity contribution is 5.69. The van der Waals surface area contributed by atoms with Gasteiger partial charge in [0.05, 0.1) is 0 Å². The van der Waals surface area contributed by atoms with E-state index < -0.39 is 0 Å². The van der Waals surface area contributed by atoms with Crippen molar-refractivity contribution in [2.75, 3.05) is 10.6 Å².